The van der Waals surface area contributed by atoms with Crippen molar-refractivity contribution in [2.24, 2.45) is 0 Å². The lowest BCUT2D eigenvalue weighted by atomic mass is 9.83. The Balaban J connectivity index is 1.34. The average Bonchev–Trinajstić information content (AvgIpc) is 3.24. The number of Topliss-reactive ketones (excluding diaryl/α,β-unsaturated/α-hetero) is 2. The Hall–Kier alpha value is -2.77. The van der Waals surface area contributed by atoms with E-state index in [1.165, 1.54) is 0 Å². The monoisotopic (exact) mass is 436 g/mol. The fraction of sp³-hybridized carbons (Fsp3) is 0.480. The van der Waals surface area contributed by atoms with Crippen molar-refractivity contribution in [3.05, 3.63) is 36.0 Å². The Kier molecular flexibility index (Phi) is 5.93. The molecule has 3 aromatic rings. The maximum atomic E-state index is 12.5. The number of rotatable bonds is 6. The van der Waals surface area contributed by atoms with E-state index in [4.69, 9.17) is 14.0 Å². The van der Waals surface area contributed by atoms with Crippen LogP contribution in [0.15, 0.2) is 34.9 Å². The molecule has 2 fully saturated rings. The molecule has 1 aliphatic carbocycles. The number of fused-ring (bicyclic) bond motifs is 3. The molecule has 168 valence electrons. The van der Waals surface area contributed by atoms with E-state index in [0.29, 0.717) is 36.8 Å². The topological polar surface area (TPSA) is 81.9 Å². The first kappa shape index (κ1) is 21.1. The van der Waals surface area contributed by atoms with Crippen LogP contribution < -0.4 is 4.74 Å². The van der Waals surface area contributed by atoms with Crippen LogP contribution in [0.1, 0.15) is 43.7 Å². The van der Waals surface area contributed by atoms with Gasteiger partial charge in [-0.25, -0.2) is 0 Å². The third kappa shape index (κ3) is 4.14. The predicted octanol–water partition coefficient (Wildman–Crippen LogP) is 3.88. The minimum Gasteiger partial charge on any atom is -0.492 e. The highest BCUT2D eigenvalue weighted by atomic mass is 16.5. The molecular weight excluding hydrogens is 408 g/mol. The fourth-order valence-corrected chi connectivity index (χ4v) is 4.88. The molecule has 0 N–H and O–H groups in total. The van der Waals surface area contributed by atoms with Crippen molar-refractivity contribution < 1.29 is 23.6 Å². The highest BCUT2D eigenvalue weighted by Gasteiger charge is 2.32. The summed E-state index contributed by atoms with van der Waals surface area (Å²) in [4.78, 5) is 26.5. The van der Waals surface area contributed by atoms with E-state index in [1.807, 2.05) is 30.3 Å². The van der Waals surface area contributed by atoms with E-state index in [1.54, 1.807) is 0 Å². The van der Waals surface area contributed by atoms with Crippen LogP contribution in [0.25, 0.3) is 21.7 Å². The summed E-state index contributed by atoms with van der Waals surface area (Å²) in [5.41, 5.74) is 1.30. The van der Waals surface area contributed by atoms with Gasteiger partial charge in [-0.2, -0.15) is 0 Å². The fourth-order valence-electron chi connectivity index (χ4n) is 4.88. The Labute approximate surface area is 186 Å². The van der Waals surface area contributed by atoms with Gasteiger partial charge in [0.2, 0.25) is 0 Å². The number of aromatic nitrogens is 1. The van der Waals surface area contributed by atoms with Crippen LogP contribution in [0.2, 0.25) is 0 Å². The van der Waals surface area contributed by atoms with E-state index < -0.39 is 0 Å². The number of benzene rings is 2. The first-order valence-electron chi connectivity index (χ1n) is 11.4. The molecule has 2 aromatic carbocycles. The molecule has 7 nitrogen and oxygen atoms in total. The number of nitrogens with zero attached hydrogens (tertiary/aromatic N) is 2. The second-order valence-electron chi connectivity index (χ2n) is 8.84. The highest BCUT2D eigenvalue weighted by molar-refractivity contribution is 6.11. The maximum Gasteiger partial charge on any atom is 0.167 e. The van der Waals surface area contributed by atoms with Crippen molar-refractivity contribution in [1.82, 2.24) is 10.1 Å². The van der Waals surface area contributed by atoms with Crippen LogP contribution in [-0.4, -0.2) is 61.1 Å². The Morgan fingerprint density at radius 3 is 2.78 bits per heavy atom. The second-order valence-corrected chi connectivity index (χ2v) is 8.84. The Morgan fingerprint density at radius 2 is 1.97 bits per heavy atom. The average molecular weight is 437 g/mol. The molecule has 32 heavy (non-hydrogen) atoms. The number of hydrogen-bond acceptors (Lipinski definition) is 7. The molecule has 1 saturated heterocycles. The van der Waals surface area contributed by atoms with E-state index in [2.05, 4.69) is 17.1 Å². The van der Waals surface area contributed by atoms with E-state index in [0.717, 1.165) is 54.5 Å². The summed E-state index contributed by atoms with van der Waals surface area (Å²) in [5.74, 6) is 0.376. The number of ether oxygens (including phenoxy) is 2. The summed E-state index contributed by atoms with van der Waals surface area (Å²) < 4.78 is 17.0. The summed E-state index contributed by atoms with van der Waals surface area (Å²) in [5, 5.41) is 7.08. The van der Waals surface area contributed by atoms with Gasteiger partial charge < -0.3 is 14.0 Å². The maximum absolute atomic E-state index is 12.5. The van der Waals surface area contributed by atoms with Gasteiger partial charge in [-0.05, 0) is 61.3 Å². The van der Waals surface area contributed by atoms with Crippen molar-refractivity contribution in [3.63, 3.8) is 0 Å². The van der Waals surface area contributed by atoms with Crippen molar-refractivity contribution in [2.45, 2.75) is 44.1 Å². The van der Waals surface area contributed by atoms with Crippen LogP contribution in [-0.2, 0) is 14.3 Å². The summed E-state index contributed by atoms with van der Waals surface area (Å²) in [6.45, 7) is 3.15. The van der Waals surface area contributed by atoms with Crippen molar-refractivity contribution >= 4 is 33.3 Å². The number of hydrogen-bond donors (Lipinski definition) is 0. The lowest BCUT2D eigenvalue weighted by molar-refractivity contribution is -0.130. The number of ketones is 2. The van der Waals surface area contributed by atoms with Gasteiger partial charge in [0.05, 0.1) is 17.7 Å². The zero-order chi connectivity index (χ0) is 22.1. The standard InChI is InChI=1S/C25H28N2O5/c1-27(17-8-11-30-12-9-17)10-13-31-19-4-6-20-16(14-19)2-7-23-24(20)25(26-32-23)21-5-3-18(28)15-22(21)29/h2,4,6-7,14,17,21H,3,5,8-13,15H2,1H3/t21-/m0/s1. The third-order valence-electron chi connectivity index (χ3n) is 6.78. The quantitative estimate of drug-likeness (QED) is 0.543. The van der Waals surface area contributed by atoms with Gasteiger partial charge in [-0.1, -0.05) is 11.2 Å². The van der Waals surface area contributed by atoms with E-state index in [9.17, 15) is 9.59 Å². The molecule has 5 rings (SSSR count). The molecule has 0 spiro atoms. The molecule has 0 amide bonds. The van der Waals surface area contributed by atoms with Crippen LogP contribution in [0.4, 0.5) is 0 Å². The SMILES string of the molecule is CN(CCOc1ccc2c(ccc3onc([C@H]4CCC(=O)CC4=O)c32)c1)C1CCOCC1. The van der Waals surface area contributed by atoms with E-state index >= 15 is 0 Å². The molecule has 1 atom stereocenters. The largest absolute Gasteiger partial charge is 0.492 e. The molecule has 1 aromatic heterocycles. The summed E-state index contributed by atoms with van der Waals surface area (Å²) >= 11 is 0. The van der Waals surface area contributed by atoms with Gasteiger partial charge in [0, 0.05) is 32.2 Å². The number of carbonyl (C=O) groups is 2. The van der Waals surface area contributed by atoms with Crippen molar-refractivity contribution in [3.8, 4) is 5.75 Å². The summed E-state index contributed by atoms with van der Waals surface area (Å²) in [6, 6.07) is 10.4. The molecule has 0 unspecified atom stereocenters. The molecular formula is C25H28N2O5. The summed E-state index contributed by atoms with van der Waals surface area (Å²) in [7, 11) is 2.14. The molecule has 1 saturated carbocycles. The zero-order valence-corrected chi connectivity index (χ0v) is 18.3. The highest BCUT2D eigenvalue weighted by Crippen LogP contribution is 2.37. The molecule has 0 radical (unpaired) electrons. The van der Waals surface area contributed by atoms with Crippen molar-refractivity contribution in [1.29, 1.82) is 0 Å². The Morgan fingerprint density at radius 1 is 1.12 bits per heavy atom. The summed E-state index contributed by atoms with van der Waals surface area (Å²) in [6.07, 6.45) is 3.04. The van der Waals surface area contributed by atoms with E-state index in [-0.39, 0.29) is 23.9 Å². The first-order valence-corrected chi connectivity index (χ1v) is 11.4. The normalized spacial score (nSPS) is 20.5. The van der Waals surface area contributed by atoms with Gasteiger partial charge in [0.15, 0.2) is 5.58 Å². The number of carbonyl (C=O) groups excluding carboxylic acids is 2. The second kappa shape index (κ2) is 9.00. The van der Waals surface area contributed by atoms with Crippen LogP contribution in [0.5, 0.6) is 5.75 Å². The number of likely N-dealkylation sites (N-methyl/N-ethyl adjacent to an activating group) is 1. The lowest BCUT2D eigenvalue weighted by Crippen LogP contribution is -2.38. The van der Waals surface area contributed by atoms with Crippen LogP contribution in [0, 0.1) is 0 Å². The van der Waals surface area contributed by atoms with Gasteiger partial charge in [0.25, 0.3) is 0 Å². The molecule has 2 heterocycles. The van der Waals surface area contributed by atoms with Gasteiger partial charge in [-0.15, -0.1) is 0 Å². The molecule has 0 bridgehead atoms. The molecule has 7 heteroatoms. The van der Waals surface area contributed by atoms with Crippen LogP contribution >= 0.6 is 0 Å². The van der Waals surface area contributed by atoms with Crippen molar-refractivity contribution in [2.75, 3.05) is 33.4 Å². The smallest absolute Gasteiger partial charge is 0.167 e. The van der Waals surface area contributed by atoms with Gasteiger partial charge in [0.1, 0.15) is 29.6 Å². The minimum atomic E-state index is -0.379. The van der Waals surface area contributed by atoms with Crippen LogP contribution in [0.3, 0.4) is 0 Å². The zero-order valence-electron chi connectivity index (χ0n) is 18.3. The lowest BCUT2D eigenvalue weighted by Gasteiger charge is -2.31. The Bertz CT molecular complexity index is 1150. The minimum absolute atomic E-state index is 0.00756. The molecule has 2 aliphatic rings. The first-order chi connectivity index (χ1) is 15.6. The predicted molar refractivity (Wildman–Crippen MR) is 120 cm³/mol. The van der Waals surface area contributed by atoms with Gasteiger partial charge >= 0.3 is 0 Å². The van der Waals surface area contributed by atoms with Gasteiger partial charge in [-0.3, -0.25) is 14.5 Å². The molecule has 1 aliphatic heterocycles. The third-order valence-corrected chi connectivity index (χ3v) is 6.78.